The smallest absolute Gasteiger partial charge is 0.483 e. The van der Waals surface area contributed by atoms with Gasteiger partial charge in [-0.15, -0.1) is 42.0 Å². The summed E-state index contributed by atoms with van der Waals surface area (Å²) in [6.45, 7) is 4.25. The zero-order valence-electron chi connectivity index (χ0n) is 23.7. The number of nitrogens with zero attached hydrogens (tertiary/aromatic N) is 3. The van der Waals surface area contributed by atoms with Gasteiger partial charge in [0.2, 0.25) is 5.69 Å². The molecule has 0 bridgehead atoms. The van der Waals surface area contributed by atoms with Gasteiger partial charge in [-0.3, -0.25) is 0 Å². The van der Waals surface area contributed by atoms with Gasteiger partial charge in [-0.25, -0.2) is 0 Å². The summed E-state index contributed by atoms with van der Waals surface area (Å²) in [4.78, 5) is 4.22. The number of benzene rings is 5. The number of furan rings is 1. The minimum absolute atomic E-state index is 0. The maximum atomic E-state index is 6.10. The summed E-state index contributed by atoms with van der Waals surface area (Å²) in [6.07, 6.45) is 1.79. The van der Waals surface area contributed by atoms with Gasteiger partial charge in [0.05, 0.1) is 0 Å². The van der Waals surface area contributed by atoms with Crippen LogP contribution in [0.1, 0.15) is 11.1 Å². The number of hydrogen-bond donors (Lipinski definition) is 0. The van der Waals surface area contributed by atoms with Gasteiger partial charge in [-0.1, -0.05) is 64.6 Å². The van der Waals surface area contributed by atoms with Crippen LogP contribution in [0.4, 0.5) is 22.7 Å². The molecule has 8 rings (SSSR count). The van der Waals surface area contributed by atoms with Crippen molar-refractivity contribution < 1.29 is 24.5 Å². The molecule has 1 radical (unpaired) electrons. The fourth-order valence-corrected chi connectivity index (χ4v) is 5.37. The molecule has 209 valence electrons. The predicted octanol–water partition coefficient (Wildman–Crippen LogP) is 9.41. The SMILES string of the molecule is Cc1cc(C)cc([N+]2=C=[N+](c3[c-]cc4c(c3)oc3ccccc34)c3ccccc32)c1.[Ir].[c-]1ccccc1-c1ccccn1. The van der Waals surface area contributed by atoms with Gasteiger partial charge in [0, 0.05) is 56.2 Å². The number of rotatable bonds is 3. The molecule has 43 heavy (non-hydrogen) atoms. The Hall–Kier alpha value is -4.92. The zero-order valence-corrected chi connectivity index (χ0v) is 26.1. The fraction of sp³-hybridized carbons (Fsp3) is 0.0526. The molecule has 0 saturated heterocycles. The van der Waals surface area contributed by atoms with Crippen molar-refractivity contribution in [3.63, 3.8) is 0 Å². The van der Waals surface area contributed by atoms with E-state index in [1.807, 2.05) is 72.8 Å². The van der Waals surface area contributed by atoms with Crippen LogP contribution in [0.5, 0.6) is 0 Å². The van der Waals surface area contributed by atoms with Crippen molar-refractivity contribution in [2.75, 3.05) is 0 Å². The second kappa shape index (κ2) is 12.1. The standard InChI is InChI=1S/C27H19N2O.C11H8N.Ir/c1-18-13-19(2)15-21(14-18)29-17-28(24-8-4-5-9-25(24)29)20-11-12-23-22-7-3-6-10-26(22)30-27(23)16-20;1-2-6-10(7-3-1)11-8-4-5-9-12-11;/h3-10,12-16H,1-2H3;1-6,8-9H;/q+1;-1;. The van der Waals surface area contributed by atoms with Crippen molar-refractivity contribution in [1.82, 2.24) is 14.1 Å². The van der Waals surface area contributed by atoms with E-state index in [0.717, 1.165) is 55.9 Å². The van der Waals surface area contributed by atoms with Crippen molar-refractivity contribution in [2.45, 2.75) is 13.8 Å². The first-order valence-electron chi connectivity index (χ1n) is 13.9. The van der Waals surface area contributed by atoms with Crippen molar-refractivity contribution in [3.8, 4) is 11.3 Å². The monoisotopic (exact) mass is 734 g/mol. The van der Waals surface area contributed by atoms with E-state index in [0.29, 0.717) is 0 Å². The van der Waals surface area contributed by atoms with Crippen LogP contribution < -0.4 is 9.15 Å². The van der Waals surface area contributed by atoms with Crippen LogP contribution in [-0.2, 0) is 20.1 Å². The van der Waals surface area contributed by atoms with Crippen molar-refractivity contribution in [2.24, 2.45) is 0 Å². The summed E-state index contributed by atoms with van der Waals surface area (Å²) in [7, 11) is 0. The minimum Gasteiger partial charge on any atom is -0.483 e. The molecule has 0 N–H and O–H groups in total. The van der Waals surface area contributed by atoms with E-state index in [9.17, 15) is 0 Å². The van der Waals surface area contributed by atoms with Gasteiger partial charge < -0.3 is 9.40 Å². The molecule has 0 unspecified atom stereocenters. The zero-order chi connectivity index (χ0) is 28.5. The maximum Gasteiger partial charge on any atom is 0.501 e. The number of hydrogen-bond acceptors (Lipinski definition) is 2. The van der Waals surface area contributed by atoms with Gasteiger partial charge in [0.25, 0.3) is 11.4 Å². The normalized spacial score (nSPS) is 11.7. The number of aryl methyl sites for hydroxylation is 2. The molecule has 0 fully saturated rings. The van der Waals surface area contributed by atoms with E-state index in [1.165, 1.54) is 11.1 Å². The molecule has 0 atom stereocenters. The number of pyridine rings is 1. The third-order valence-corrected chi connectivity index (χ3v) is 7.21. The van der Waals surface area contributed by atoms with E-state index in [-0.39, 0.29) is 20.1 Å². The largest absolute Gasteiger partial charge is 0.501 e. The number of para-hydroxylation sites is 3. The molecule has 0 aliphatic carbocycles. The first-order chi connectivity index (χ1) is 20.6. The summed E-state index contributed by atoms with van der Waals surface area (Å²) in [5.74, 6) is 0. The molecule has 7 aromatic rings. The van der Waals surface area contributed by atoms with E-state index in [4.69, 9.17) is 4.42 Å². The average molecular weight is 734 g/mol. The Balaban J connectivity index is 0.000000213. The Morgan fingerprint density at radius 1 is 0.674 bits per heavy atom. The Morgan fingerprint density at radius 3 is 2.14 bits per heavy atom. The minimum atomic E-state index is 0. The van der Waals surface area contributed by atoms with Crippen LogP contribution in [0, 0.1) is 26.0 Å². The third-order valence-electron chi connectivity index (χ3n) is 7.21. The van der Waals surface area contributed by atoms with Crippen LogP contribution in [0.15, 0.2) is 132 Å². The summed E-state index contributed by atoms with van der Waals surface area (Å²) in [5, 5.41) is 2.19. The molecular weight excluding hydrogens is 707 g/mol. The topological polar surface area (TPSA) is 32.0 Å². The summed E-state index contributed by atoms with van der Waals surface area (Å²) in [6, 6.07) is 50.9. The van der Waals surface area contributed by atoms with Crippen LogP contribution in [0.3, 0.4) is 0 Å². The van der Waals surface area contributed by atoms with Crippen LogP contribution in [0.25, 0.3) is 33.2 Å². The van der Waals surface area contributed by atoms with Gasteiger partial charge in [0.1, 0.15) is 11.3 Å². The maximum absolute atomic E-state index is 6.10. The molecule has 1 aliphatic rings. The van der Waals surface area contributed by atoms with E-state index in [1.54, 1.807) is 6.20 Å². The van der Waals surface area contributed by atoms with Crippen molar-refractivity contribution in [1.29, 1.82) is 0 Å². The first kappa shape index (κ1) is 28.2. The molecule has 0 amide bonds. The quantitative estimate of drug-likeness (QED) is 0.134. The van der Waals surface area contributed by atoms with Gasteiger partial charge in [-0.05, 0) is 52.8 Å². The molecule has 0 spiro atoms. The third kappa shape index (κ3) is 5.62. The van der Waals surface area contributed by atoms with Gasteiger partial charge in [0.15, 0.2) is 0 Å². The molecule has 4 nitrogen and oxygen atoms in total. The summed E-state index contributed by atoms with van der Waals surface area (Å²) >= 11 is 0. The van der Waals surface area contributed by atoms with Crippen LogP contribution in [0.2, 0.25) is 0 Å². The second-order valence-corrected chi connectivity index (χ2v) is 10.3. The second-order valence-electron chi connectivity index (χ2n) is 10.3. The molecule has 5 heteroatoms. The predicted molar refractivity (Wildman–Crippen MR) is 171 cm³/mol. The Bertz CT molecular complexity index is 2090. The molecule has 0 saturated carbocycles. The van der Waals surface area contributed by atoms with Gasteiger partial charge >= 0.3 is 6.01 Å². The van der Waals surface area contributed by atoms with Crippen LogP contribution >= 0.6 is 0 Å². The molecule has 3 heterocycles. The first-order valence-corrected chi connectivity index (χ1v) is 13.9. The van der Waals surface area contributed by atoms with Crippen molar-refractivity contribution >= 4 is 50.7 Å². The van der Waals surface area contributed by atoms with Crippen molar-refractivity contribution in [3.05, 3.63) is 151 Å². The Labute approximate surface area is 264 Å². The molecule has 2 aromatic heterocycles. The van der Waals surface area contributed by atoms with E-state index in [2.05, 4.69) is 94.7 Å². The Kier molecular flexibility index (Phi) is 7.96. The van der Waals surface area contributed by atoms with Gasteiger partial charge in [-0.2, -0.15) is 6.07 Å². The van der Waals surface area contributed by atoms with E-state index < -0.39 is 0 Å². The van der Waals surface area contributed by atoms with Crippen LogP contribution in [-0.4, -0.2) is 11.0 Å². The average Bonchev–Trinajstić information content (AvgIpc) is 3.60. The Morgan fingerprint density at radius 2 is 1.40 bits per heavy atom. The summed E-state index contributed by atoms with van der Waals surface area (Å²) < 4.78 is 10.3. The summed E-state index contributed by atoms with van der Waals surface area (Å²) in [5.41, 5.74) is 10.4. The van der Waals surface area contributed by atoms with E-state index >= 15 is 0 Å². The molecular formula is C38H27IrN3O. The molecule has 5 aromatic carbocycles. The number of fused-ring (bicyclic) bond motifs is 4. The number of aromatic nitrogens is 1. The fourth-order valence-electron chi connectivity index (χ4n) is 5.37. The molecule has 1 aliphatic heterocycles.